The van der Waals surface area contributed by atoms with Crippen LogP contribution in [0.1, 0.15) is 81.0 Å². The summed E-state index contributed by atoms with van der Waals surface area (Å²) in [5, 5.41) is 2.75. The van der Waals surface area contributed by atoms with Crippen LogP contribution in [-0.2, 0) is 17.3 Å². The molecule has 0 aliphatic heterocycles. The van der Waals surface area contributed by atoms with Gasteiger partial charge >= 0.3 is 0 Å². The van der Waals surface area contributed by atoms with E-state index in [1.807, 2.05) is 6.08 Å². The summed E-state index contributed by atoms with van der Waals surface area (Å²) >= 11 is 0. The lowest BCUT2D eigenvalue weighted by Gasteiger charge is -2.38. The standard InChI is InChI=1S/C40H40.CH4/c1-8-28(24-31-14-10-9-13-26(31)2)32-20-19-29-21-22-35-34(23-27(3)39(4,5)37(29)25-32)33-17-11-15-30-16-12-18-36(38(30)33)40(35,6)7;/h8-20,22-25,27H,1,21H2,2-7H3;1H4/b28-24+,34-23-,35-22+;. The smallest absolute Gasteiger partial charge is 0.0155 e. The summed E-state index contributed by atoms with van der Waals surface area (Å²) in [4.78, 5) is 0. The zero-order valence-corrected chi connectivity index (χ0v) is 24.8. The largest absolute Gasteiger partial charge is 0.0984 e. The van der Waals surface area contributed by atoms with Gasteiger partial charge in [0, 0.05) is 5.41 Å². The summed E-state index contributed by atoms with van der Waals surface area (Å²) in [7, 11) is 0. The number of rotatable bonds is 3. The van der Waals surface area contributed by atoms with Gasteiger partial charge in [0.05, 0.1) is 0 Å². The lowest BCUT2D eigenvalue weighted by Crippen LogP contribution is -2.28. The van der Waals surface area contributed by atoms with E-state index < -0.39 is 0 Å². The van der Waals surface area contributed by atoms with Crippen molar-refractivity contribution in [2.24, 2.45) is 5.92 Å². The van der Waals surface area contributed by atoms with E-state index in [1.165, 1.54) is 60.9 Å². The molecular formula is C41H44. The topological polar surface area (TPSA) is 0 Å². The van der Waals surface area contributed by atoms with Crippen molar-refractivity contribution >= 4 is 28.0 Å². The lowest BCUT2D eigenvalue weighted by atomic mass is 9.65. The first-order chi connectivity index (χ1) is 19.1. The highest BCUT2D eigenvalue weighted by Crippen LogP contribution is 2.51. The molecular weight excluding hydrogens is 492 g/mol. The average Bonchev–Trinajstić information content (AvgIpc) is 2.98. The molecule has 0 bridgehead atoms. The van der Waals surface area contributed by atoms with Crippen LogP contribution in [0, 0.1) is 12.8 Å². The van der Waals surface area contributed by atoms with Gasteiger partial charge in [-0.3, -0.25) is 0 Å². The Balaban J connectivity index is 0.00000337. The van der Waals surface area contributed by atoms with E-state index in [0.717, 1.165) is 12.0 Å². The second kappa shape index (κ2) is 10.5. The normalized spacial score (nSPS) is 21.4. The third-order valence-corrected chi connectivity index (χ3v) is 9.77. The van der Waals surface area contributed by atoms with Crippen LogP contribution in [-0.4, -0.2) is 0 Å². The van der Waals surface area contributed by atoms with Crippen molar-refractivity contribution in [3.8, 4) is 0 Å². The molecule has 1 unspecified atom stereocenters. The maximum atomic E-state index is 4.19. The Bertz CT molecular complexity index is 1740. The monoisotopic (exact) mass is 536 g/mol. The van der Waals surface area contributed by atoms with E-state index in [9.17, 15) is 0 Å². The second-order valence-electron chi connectivity index (χ2n) is 12.8. The molecule has 0 amide bonds. The van der Waals surface area contributed by atoms with Gasteiger partial charge < -0.3 is 0 Å². The van der Waals surface area contributed by atoms with Crippen molar-refractivity contribution in [2.45, 2.75) is 66.2 Å². The number of hydrogen-bond donors (Lipinski definition) is 0. The fourth-order valence-electron chi connectivity index (χ4n) is 6.88. The minimum atomic E-state index is -0.0692. The zero-order chi connectivity index (χ0) is 28.2. The van der Waals surface area contributed by atoms with Crippen LogP contribution in [0.5, 0.6) is 0 Å². The fraction of sp³-hybridized carbons (Fsp3) is 0.268. The van der Waals surface area contributed by atoms with E-state index in [4.69, 9.17) is 0 Å². The van der Waals surface area contributed by atoms with Crippen LogP contribution in [0.3, 0.4) is 0 Å². The number of hydrogen-bond acceptors (Lipinski definition) is 0. The second-order valence-corrected chi connectivity index (χ2v) is 12.8. The molecule has 208 valence electrons. The van der Waals surface area contributed by atoms with Gasteiger partial charge in [0.2, 0.25) is 0 Å². The van der Waals surface area contributed by atoms with E-state index in [0.29, 0.717) is 5.92 Å². The molecule has 2 aliphatic carbocycles. The van der Waals surface area contributed by atoms with Gasteiger partial charge in [-0.25, -0.2) is 0 Å². The highest BCUT2D eigenvalue weighted by Gasteiger charge is 2.38. The molecule has 41 heavy (non-hydrogen) atoms. The lowest BCUT2D eigenvalue weighted by molar-refractivity contribution is 0.407. The van der Waals surface area contributed by atoms with Crippen molar-refractivity contribution in [3.63, 3.8) is 0 Å². The van der Waals surface area contributed by atoms with Crippen molar-refractivity contribution in [1.82, 2.24) is 0 Å². The van der Waals surface area contributed by atoms with Gasteiger partial charge in [-0.05, 0) is 97.2 Å². The highest BCUT2D eigenvalue weighted by atomic mass is 14.4. The molecule has 4 aromatic rings. The quantitative estimate of drug-likeness (QED) is 0.180. The third-order valence-electron chi connectivity index (χ3n) is 9.77. The van der Waals surface area contributed by atoms with Gasteiger partial charge in [-0.1, -0.05) is 146 Å². The van der Waals surface area contributed by atoms with Crippen molar-refractivity contribution < 1.29 is 0 Å². The Morgan fingerprint density at radius 2 is 1.61 bits per heavy atom. The minimum Gasteiger partial charge on any atom is -0.0984 e. The van der Waals surface area contributed by atoms with Crippen LogP contribution in [0.25, 0.3) is 28.0 Å². The molecule has 6 rings (SSSR count). The predicted molar refractivity (Wildman–Crippen MR) is 181 cm³/mol. The number of benzene rings is 4. The van der Waals surface area contributed by atoms with Crippen LogP contribution >= 0.6 is 0 Å². The number of allylic oxidation sites excluding steroid dienone is 6. The molecule has 1 atom stereocenters. The molecule has 0 radical (unpaired) electrons. The van der Waals surface area contributed by atoms with Crippen molar-refractivity contribution in [1.29, 1.82) is 0 Å². The van der Waals surface area contributed by atoms with E-state index >= 15 is 0 Å². The molecule has 0 fully saturated rings. The molecule has 0 aromatic heterocycles. The molecule has 4 aromatic carbocycles. The summed E-state index contributed by atoms with van der Waals surface area (Å²) in [5.41, 5.74) is 13.3. The SMILES string of the molecule is C.C=C/C(=C\c1ccccc1C)c1ccc2c(c1)C(C)(C)C(C)/C=C1\C(=C/C2)C(C)(C)c2cccc3cccc1c23. The van der Waals surface area contributed by atoms with Crippen molar-refractivity contribution in [2.75, 3.05) is 0 Å². The Morgan fingerprint density at radius 1 is 0.878 bits per heavy atom. The summed E-state index contributed by atoms with van der Waals surface area (Å²) in [6.07, 6.45) is 10.3. The highest BCUT2D eigenvalue weighted by molar-refractivity contribution is 6.04. The Hall–Kier alpha value is -3.90. The van der Waals surface area contributed by atoms with Gasteiger partial charge in [-0.2, -0.15) is 0 Å². The van der Waals surface area contributed by atoms with Crippen LogP contribution < -0.4 is 0 Å². The Kier molecular flexibility index (Phi) is 7.33. The molecule has 0 N–H and O–H groups in total. The van der Waals surface area contributed by atoms with Crippen molar-refractivity contribution in [3.05, 3.63) is 148 Å². The Morgan fingerprint density at radius 3 is 2.34 bits per heavy atom. The number of fused-ring (bicyclic) bond motifs is 3. The first-order valence-corrected chi connectivity index (χ1v) is 14.6. The summed E-state index contributed by atoms with van der Waals surface area (Å²) in [5.74, 6) is 0.335. The van der Waals surface area contributed by atoms with Gasteiger partial charge in [0.1, 0.15) is 0 Å². The average molecular weight is 537 g/mol. The minimum absolute atomic E-state index is 0. The summed E-state index contributed by atoms with van der Waals surface area (Å²) in [6.45, 7) is 18.4. The summed E-state index contributed by atoms with van der Waals surface area (Å²) < 4.78 is 0. The Labute approximate surface area is 247 Å². The molecule has 0 heteroatoms. The molecule has 0 heterocycles. The summed E-state index contributed by atoms with van der Waals surface area (Å²) in [6, 6.07) is 29.3. The van der Waals surface area contributed by atoms with Gasteiger partial charge in [0.25, 0.3) is 0 Å². The van der Waals surface area contributed by atoms with Gasteiger partial charge in [0.15, 0.2) is 0 Å². The first kappa shape index (κ1) is 28.6. The fourth-order valence-corrected chi connectivity index (χ4v) is 6.88. The number of aryl methyl sites for hydroxylation is 1. The van der Waals surface area contributed by atoms with E-state index in [2.05, 4.69) is 145 Å². The molecule has 2 aliphatic rings. The van der Waals surface area contributed by atoms with Gasteiger partial charge in [-0.15, -0.1) is 0 Å². The molecule has 0 saturated heterocycles. The van der Waals surface area contributed by atoms with Crippen LogP contribution in [0.2, 0.25) is 0 Å². The van der Waals surface area contributed by atoms with Crippen LogP contribution in [0.15, 0.2) is 109 Å². The molecule has 0 nitrogen and oxygen atoms in total. The maximum absolute atomic E-state index is 4.19. The molecule has 0 saturated carbocycles. The first-order valence-electron chi connectivity index (χ1n) is 14.6. The van der Waals surface area contributed by atoms with E-state index in [1.54, 1.807) is 0 Å². The van der Waals surface area contributed by atoms with Crippen LogP contribution in [0.4, 0.5) is 0 Å². The maximum Gasteiger partial charge on any atom is 0.0155 e. The molecule has 0 spiro atoms. The van der Waals surface area contributed by atoms with E-state index in [-0.39, 0.29) is 18.3 Å². The predicted octanol–water partition coefficient (Wildman–Crippen LogP) is 11.3. The zero-order valence-electron chi connectivity index (χ0n) is 24.8. The third kappa shape index (κ3) is 4.64.